The van der Waals surface area contributed by atoms with Crippen LogP contribution in [0.25, 0.3) is 0 Å². The molecule has 0 amide bonds. The lowest BCUT2D eigenvalue weighted by Gasteiger charge is -2.17. The Morgan fingerprint density at radius 1 is 1.50 bits per heavy atom. The monoisotopic (exact) mass is 265 g/mol. The lowest BCUT2D eigenvalue weighted by molar-refractivity contribution is -0.114. The maximum Gasteiger partial charge on any atom is 0.206 e. The Kier molecular flexibility index (Phi) is 7.06. The Labute approximate surface area is 115 Å². The number of hydrogen-bond donors (Lipinski definition) is 0. The minimum Gasteiger partial charge on any atom is -0.296 e. The Morgan fingerprint density at radius 2 is 2.28 bits per heavy atom. The minimum atomic E-state index is 0.151. The van der Waals surface area contributed by atoms with Gasteiger partial charge in [-0.05, 0) is 44.8 Å². The highest BCUT2D eigenvalue weighted by atomic mass is 32.2. The second kappa shape index (κ2) is 8.33. The molecule has 0 N–H and O–H groups in total. The molecule has 0 radical (unpaired) electrons. The molecule has 1 rings (SSSR count). The topological polar surface area (TPSA) is 20.3 Å². The van der Waals surface area contributed by atoms with E-state index in [0.29, 0.717) is 5.12 Å². The van der Waals surface area contributed by atoms with Crippen LogP contribution < -0.4 is 0 Å². The average molecular weight is 265 g/mol. The fourth-order valence-corrected chi connectivity index (χ4v) is 3.14. The van der Waals surface area contributed by atoms with E-state index in [-0.39, 0.29) is 6.04 Å². The SMILES string of the molecule is C=C/C=C(\C=C)CCCSC(=O)C1CCCN1C. The first-order valence-corrected chi connectivity index (χ1v) is 7.48. The van der Waals surface area contributed by atoms with Gasteiger partial charge in [-0.3, -0.25) is 9.69 Å². The van der Waals surface area contributed by atoms with E-state index >= 15 is 0 Å². The van der Waals surface area contributed by atoms with Crippen molar-refractivity contribution in [3.8, 4) is 0 Å². The summed E-state index contributed by atoms with van der Waals surface area (Å²) in [4.78, 5) is 14.1. The predicted octanol–water partition coefficient (Wildman–Crippen LogP) is 3.42. The van der Waals surface area contributed by atoms with Gasteiger partial charge in [-0.2, -0.15) is 0 Å². The normalized spacial score (nSPS) is 20.9. The first-order valence-electron chi connectivity index (χ1n) is 6.50. The molecule has 1 heterocycles. The van der Waals surface area contributed by atoms with Crippen molar-refractivity contribution >= 4 is 16.9 Å². The molecule has 2 nitrogen and oxygen atoms in total. The first-order chi connectivity index (χ1) is 8.69. The van der Waals surface area contributed by atoms with Crippen LogP contribution in [0.2, 0.25) is 0 Å². The van der Waals surface area contributed by atoms with Gasteiger partial charge in [0.25, 0.3) is 0 Å². The van der Waals surface area contributed by atoms with Crippen LogP contribution in [-0.4, -0.2) is 35.4 Å². The van der Waals surface area contributed by atoms with Crippen LogP contribution in [0.3, 0.4) is 0 Å². The van der Waals surface area contributed by atoms with Crippen LogP contribution in [0, 0.1) is 0 Å². The van der Waals surface area contributed by atoms with Gasteiger partial charge in [0.1, 0.15) is 0 Å². The van der Waals surface area contributed by atoms with E-state index in [4.69, 9.17) is 0 Å². The van der Waals surface area contributed by atoms with E-state index in [2.05, 4.69) is 18.1 Å². The van der Waals surface area contributed by atoms with Crippen LogP contribution in [0.15, 0.2) is 37.0 Å². The molecule has 18 heavy (non-hydrogen) atoms. The lowest BCUT2D eigenvalue weighted by Crippen LogP contribution is -2.31. The van der Waals surface area contributed by atoms with E-state index in [1.165, 1.54) is 17.3 Å². The number of likely N-dealkylation sites (N-methyl/N-ethyl adjacent to an activating group) is 1. The van der Waals surface area contributed by atoms with Crippen molar-refractivity contribution in [2.45, 2.75) is 31.7 Å². The van der Waals surface area contributed by atoms with Gasteiger partial charge < -0.3 is 0 Å². The van der Waals surface area contributed by atoms with Crippen LogP contribution in [0.5, 0.6) is 0 Å². The summed E-state index contributed by atoms with van der Waals surface area (Å²) < 4.78 is 0. The first kappa shape index (κ1) is 15.3. The quantitative estimate of drug-likeness (QED) is 0.519. The fourth-order valence-electron chi connectivity index (χ4n) is 2.16. The minimum absolute atomic E-state index is 0.151. The summed E-state index contributed by atoms with van der Waals surface area (Å²) >= 11 is 1.48. The van der Waals surface area contributed by atoms with Crippen molar-refractivity contribution in [3.05, 3.63) is 37.0 Å². The maximum absolute atomic E-state index is 12.0. The maximum atomic E-state index is 12.0. The Bertz CT molecular complexity index is 335. The molecule has 0 bridgehead atoms. The molecule has 0 aromatic rings. The molecule has 1 saturated heterocycles. The molecule has 1 unspecified atom stereocenters. The summed E-state index contributed by atoms with van der Waals surface area (Å²) in [7, 11) is 2.04. The summed E-state index contributed by atoms with van der Waals surface area (Å²) in [5.74, 6) is 0.894. The standard InChI is InChI=1S/C15H23NOS/c1-4-8-13(5-2)9-7-12-18-15(17)14-10-6-11-16(14)3/h4-5,8,14H,1-2,6-7,9-12H2,3H3/b13-8+. The van der Waals surface area contributed by atoms with Gasteiger partial charge in [-0.25, -0.2) is 0 Å². The van der Waals surface area contributed by atoms with Gasteiger partial charge >= 0.3 is 0 Å². The molecule has 3 heteroatoms. The van der Waals surface area contributed by atoms with Gasteiger partial charge in [0.2, 0.25) is 5.12 Å². The fraction of sp³-hybridized carbons (Fsp3) is 0.533. The van der Waals surface area contributed by atoms with Gasteiger partial charge in [0.05, 0.1) is 6.04 Å². The van der Waals surface area contributed by atoms with Crippen LogP contribution >= 0.6 is 11.8 Å². The van der Waals surface area contributed by atoms with Gasteiger partial charge in [0.15, 0.2) is 0 Å². The molecule has 1 atom stereocenters. The second-order valence-electron chi connectivity index (χ2n) is 4.59. The summed E-state index contributed by atoms with van der Waals surface area (Å²) in [6, 6.07) is 0.151. The number of likely N-dealkylation sites (tertiary alicyclic amines) is 1. The van der Waals surface area contributed by atoms with Crippen LogP contribution in [0.4, 0.5) is 0 Å². The third-order valence-electron chi connectivity index (χ3n) is 3.24. The highest BCUT2D eigenvalue weighted by Gasteiger charge is 2.27. The summed E-state index contributed by atoms with van der Waals surface area (Å²) in [6.07, 6.45) is 9.77. The molecular weight excluding hydrogens is 242 g/mol. The number of nitrogens with zero attached hydrogens (tertiary/aromatic N) is 1. The lowest BCUT2D eigenvalue weighted by atomic mass is 10.1. The molecule has 1 fully saturated rings. The van der Waals surface area contributed by atoms with Crippen molar-refractivity contribution in [2.75, 3.05) is 19.3 Å². The Balaban J connectivity index is 2.21. The molecule has 0 spiro atoms. The Morgan fingerprint density at radius 3 is 2.83 bits per heavy atom. The molecule has 100 valence electrons. The zero-order valence-electron chi connectivity index (χ0n) is 11.2. The number of carbonyl (C=O) groups excluding carboxylic acids is 1. The zero-order valence-corrected chi connectivity index (χ0v) is 12.0. The highest BCUT2D eigenvalue weighted by Crippen LogP contribution is 2.22. The second-order valence-corrected chi connectivity index (χ2v) is 5.69. The van der Waals surface area contributed by atoms with Crippen molar-refractivity contribution < 1.29 is 4.79 Å². The number of thioether (sulfide) groups is 1. The molecule has 0 saturated carbocycles. The summed E-state index contributed by atoms with van der Waals surface area (Å²) in [6.45, 7) is 8.50. The number of rotatable bonds is 7. The number of carbonyl (C=O) groups is 1. The Hall–Kier alpha value is -0.800. The zero-order chi connectivity index (χ0) is 13.4. The summed E-state index contributed by atoms with van der Waals surface area (Å²) in [5.41, 5.74) is 1.19. The van der Waals surface area contributed by atoms with Crippen molar-refractivity contribution in [2.24, 2.45) is 0 Å². The van der Waals surface area contributed by atoms with Crippen LogP contribution in [0.1, 0.15) is 25.7 Å². The highest BCUT2D eigenvalue weighted by molar-refractivity contribution is 8.13. The van der Waals surface area contributed by atoms with E-state index < -0.39 is 0 Å². The summed E-state index contributed by atoms with van der Waals surface area (Å²) in [5, 5.41) is 0.336. The van der Waals surface area contributed by atoms with Gasteiger partial charge in [0, 0.05) is 5.75 Å². The predicted molar refractivity (Wildman–Crippen MR) is 80.8 cm³/mol. The number of hydrogen-bond acceptors (Lipinski definition) is 3. The third-order valence-corrected chi connectivity index (χ3v) is 4.29. The van der Waals surface area contributed by atoms with E-state index in [1.54, 1.807) is 6.08 Å². The van der Waals surface area contributed by atoms with Crippen molar-refractivity contribution in [1.29, 1.82) is 0 Å². The number of allylic oxidation sites excluding steroid dienone is 4. The molecule has 0 aromatic heterocycles. The average Bonchev–Trinajstić information content (AvgIpc) is 2.79. The molecule has 1 aliphatic rings. The third kappa shape index (κ3) is 4.83. The van der Waals surface area contributed by atoms with E-state index in [0.717, 1.165) is 38.0 Å². The molecule has 1 aliphatic heterocycles. The van der Waals surface area contributed by atoms with Gasteiger partial charge in [-0.15, -0.1) is 0 Å². The van der Waals surface area contributed by atoms with E-state index in [9.17, 15) is 4.79 Å². The van der Waals surface area contributed by atoms with Crippen molar-refractivity contribution in [3.63, 3.8) is 0 Å². The van der Waals surface area contributed by atoms with Gasteiger partial charge in [-0.1, -0.05) is 43.1 Å². The molecular formula is C15H23NOS. The molecule has 0 aromatic carbocycles. The van der Waals surface area contributed by atoms with Crippen LogP contribution in [-0.2, 0) is 4.79 Å². The van der Waals surface area contributed by atoms with Crippen molar-refractivity contribution in [1.82, 2.24) is 4.90 Å². The van der Waals surface area contributed by atoms with E-state index in [1.807, 2.05) is 19.2 Å². The largest absolute Gasteiger partial charge is 0.296 e. The molecule has 0 aliphatic carbocycles. The smallest absolute Gasteiger partial charge is 0.206 e.